The van der Waals surface area contributed by atoms with Gasteiger partial charge in [0.2, 0.25) is 5.13 Å². The van der Waals surface area contributed by atoms with Crippen molar-refractivity contribution in [2.45, 2.75) is 20.5 Å². The fourth-order valence-electron chi connectivity index (χ4n) is 1.01. The first-order chi connectivity index (χ1) is 7.72. The van der Waals surface area contributed by atoms with Crippen molar-refractivity contribution in [1.82, 2.24) is 10.2 Å². The predicted octanol–water partition coefficient (Wildman–Crippen LogP) is 1.77. The molecule has 0 aliphatic rings. The molecule has 1 N–H and O–H groups in total. The minimum atomic E-state index is 0.504. The lowest BCUT2D eigenvalue weighted by atomic mass is 10.2. The lowest BCUT2D eigenvalue weighted by Gasteiger charge is -2.06. The Morgan fingerprint density at radius 3 is 2.62 bits per heavy atom. The molecule has 0 saturated heterocycles. The van der Waals surface area contributed by atoms with E-state index in [-0.39, 0.29) is 0 Å². The highest BCUT2D eigenvalue weighted by atomic mass is 32.1. The third kappa shape index (κ3) is 5.39. The fraction of sp³-hybridized carbons (Fsp3) is 0.800. The van der Waals surface area contributed by atoms with Crippen LogP contribution in [-0.4, -0.2) is 37.1 Å². The van der Waals surface area contributed by atoms with Gasteiger partial charge in [0.05, 0.1) is 13.2 Å². The number of ether oxygens (including phenoxy) is 2. The molecule has 6 heteroatoms. The summed E-state index contributed by atoms with van der Waals surface area (Å²) in [6, 6.07) is 0. The number of nitrogens with zero attached hydrogens (tertiary/aromatic N) is 2. The molecule has 0 bridgehead atoms. The van der Waals surface area contributed by atoms with Crippen LogP contribution < -0.4 is 5.32 Å². The van der Waals surface area contributed by atoms with Crippen LogP contribution in [0.25, 0.3) is 0 Å². The molecule has 1 aromatic heterocycles. The van der Waals surface area contributed by atoms with Crippen molar-refractivity contribution in [2.24, 2.45) is 5.92 Å². The molecule has 16 heavy (non-hydrogen) atoms. The zero-order valence-corrected chi connectivity index (χ0v) is 10.8. The Morgan fingerprint density at radius 1 is 1.25 bits per heavy atom. The molecule has 0 saturated carbocycles. The molecular weight excluding hydrogens is 226 g/mol. The zero-order valence-electron chi connectivity index (χ0n) is 10.0. The lowest BCUT2D eigenvalue weighted by Crippen LogP contribution is -2.08. The predicted molar refractivity (Wildman–Crippen MR) is 64.8 cm³/mol. The van der Waals surface area contributed by atoms with Crippen molar-refractivity contribution in [3.05, 3.63) is 5.01 Å². The highest BCUT2D eigenvalue weighted by molar-refractivity contribution is 7.15. The van der Waals surface area contributed by atoms with Crippen LogP contribution in [0.5, 0.6) is 0 Å². The van der Waals surface area contributed by atoms with E-state index in [0.29, 0.717) is 25.7 Å². The van der Waals surface area contributed by atoms with E-state index in [2.05, 4.69) is 29.4 Å². The molecule has 1 rings (SSSR count). The number of aromatic nitrogens is 2. The Morgan fingerprint density at radius 2 is 2.00 bits per heavy atom. The molecule has 1 heterocycles. The summed E-state index contributed by atoms with van der Waals surface area (Å²) in [4.78, 5) is 0. The smallest absolute Gasteiger partial charge is 0.205 e. The monoisotopic (exact) mass is 245 g/mol. The lowest BCUT2D eigenvalue weighted by molar-refractivity contribution is 0.0312. The molecular formula is C10H19N3O2S. The molecule has 0 radical (unpaired) electrons. The highest BCUT2D eigenvalue weighted by Gasteiger charge is 2.02. The first-order valence-electron chi connectivity index (χ1n) is 5.38. The van der Waals surface area contributed by atoms with Crippen molar-refractivity contribution in [3.8, 4) is 0 Å². The van der Waals surface area contributed by atoms with Crippen molar-refractivity contribution >= 4 is 16.5 Å². The van der Waals surface area contributed by atoms with Crippen molar-refractivity contribution in [2.75, 3.05) is 32.2 Å². The summed E-state index contributed by atoms with van der Waals surface area (Å²) < 4.78 is 10.8. The second kappa shape index (κ2) is 7.54. The van der Waals surface area contributed by atoms with Gasteiger partial charge in [-0.3, -0.25) is 0 Å². The largest absolute Gasteiger partial charge is 0.379 e. The fourth-order valence-corrected chi connectivity index (χ4v) is 1.64. The van der Waals surface area contributed by atoms with Crippen LogP contribution in [0.4, 0.5) is 5.13 Å². The maximum Gasteiger partial charge on any atom is 0.205 e. The van der Waals surface area contributed by atoms with Gasteiger partial charge in [-0.2, -0.15) is 0 Å². The van der Waals surface area contributed by atoms with Gasteiger partial charge in [-0.05, 0) is 5.92 Å². The van der Waals surface area contributed by atoms with Crippen LogP contribution in [0.15, 0.2) is 0 Å². The third-order valence-corrected chi connectivity index (χ3v) is 2.64. The van der Waals surface area contributed by atoms with E-state index in [1.165, 1.54) is 11.3 Å². The molecule has 1 aromatic rings. The van der Waals surface area contributed by atoms with E-state index in [4.69, 9.17) is 9.47 Å². The quantitative estimate of drug-likeness (QED) is 0.707. The molecule has 5 nitrogen and oxygen atoms in total. The number of hydrogen-bond acceptors (Lipinski definition) is 6. The Hall–Kier alpha value is -0.720. The minimum absolute atomic E-state index is 0.504. The average Bonchev–Trinajstić information content (AvgIpc) is 2.70. The third-order valence-electron chi connectivity index (χ3n) is 1.73. The molecule has 0 unspecified atom stereocenters. The molecule has 0 atom stereocenters. The molecule has 0 fully saturated rings. The van der Waals surface area contributed by atoms with Gasteiger partial charge in [-0.1, -0.05) is 25.2 Å². The Balaban J connectivity index is 2.02. The molecule has 92 valence electrons. The Labute approximate surface area is 100 Å². The topological polar surface area (TPSA) is 56.3 Å². The number of hydrogen-bond donors (Lipinski definition) is 1. The van der Waals surface area contributed by atoms with E-state index in [9.17, 15) is 0 Å². The summed E-state index contributed by atoms with van der Waals surface area (Å²) in [6.07, 6.45) is 0. The summed E-state index contributed by atoms with van der Waals surface area (Å²) in [7, 11) is 1.82. The van der Waals surface area contributed by atoms with Crippen molar-refractivity contribution in [1.29, 1.82) is 0 Å². The first kappa shape index (κ1) is 13.3. The molecule has 0 aromatic carbocycles. The van der Waals surface area contributed by atoms with Gasteiger partial charge >= 0.3 is 0 Å². The second-order valence-corrected chi connectivity index (χ2v) is 4.83. The van der Waals surface area contributed by atoms with Gasteiger partial charge in [-0.15, -0.1) is 10.2 Å². The SMILES string of the molecule is CNc1nnc(COCCOCC(C)C)s1. The van der Waals surface area contributed by atoms with Gasteiger partial charge in [0.15, 0.2) is 0 Å². The van der Waals surface area contributed by atoms with Crippen molar-refractivity contribution in [3.63, 3.8) is 0 Å². The van der Waals surface area contributed by atoms with Gasteiger partial charge in [0, 0.05) is 13.7 Å². The van der Waals surface area contributed by atoms with E-state index in [0.717, 1.165) is 16.7 Å². The molecule has 0 aliphatic carbocycles. The summed E-state index contributed by atoms with van der Waals surface area (Å²) >= 11 is 1.50. The van der Waals surface area contributed by atoms with Crippen LogP contribution in [0.2, 0.25) is 0 Å². The average molecular weight is 245 g/mol. The highest BCUT2D eigenvalue weighted by Crippen LogP contribution is 2.14. The Bertz CT molecular complexity index is 291. The van der Waals surface area contributed by atoms with E-state index in [1.807, 2.05) is 7.05 Å². The summed E-state index contributed by atoms with van der Waals surface area (Å²) in [5.41, 5.74) is 0. The van der Waals surface area contributed by atoms with Gasteiger partial charge in [-0.25, -0.2) is 0 Å². The number of nitrogens with one attached hydrogen (secondary N) is 1. The standard InChI is InChI=1S/C10H19N3O2S/c1-8(2)6-14-4-5-15-7-9-12-13-10(11-3)16-9/h8H,4-7H2,1-3H3,(H,11,13). The van der Waals surface area contributed by atoms with E-state index >= 15 is 0 Å². The van der Waals surface area contributed by atoms with Crippen LogP contribution in [0, 0.1) is 5.92 Å². The van der Waals surface area contributed by atoms with Gasteiger partial charge < -0.3 is 14.8 Å². The zero-order chi connectivity index (χ0) is 11.8. The molecule has 0 amide bonds. The van der Waals surface area contributed by atoms with Crippen LogP contribution in [0.3, 0.4) is 0 Å². The minimum Gasteiger partial charge on any atom is -0.379 e. The van der Waals surface area contributed by atoms with Crippen molar-refractivity contribution < 1.29 is 9.47 Å². The van der Waals surface area contributed by atoms with E-state index in [1.54, 1.807) is 0 Å². The molecule has 0 aliphatic heterocycles. The van der Waals surface area contributed by atoms with Gasteiger partial charge in [0.25, 0.3) is 0 Å². The summed E-state index contributed by atoms with van der Waals surface area (Å²) in [5.74, 6) is 0.571. The first-order valence-corrected chi connectivity index (χ1v) is 6.19. The maximum atomic E-state index is 5.41. The van der Waals surface area contributed by atoms with E-state index < -0.39 is 0 Å². The Kier molecular flexibility index (Phi) is 6.29. The maximum absolute atomic E-state index is 5.41. The van der Waals surface area contributed by atoms with Crippen LogP contribution >= 0.6 is 11.3 Å². The summed E-state index contributed by atoms with van der Waals surface area (Å²) in [6.45, 7) is 6.77. The van der Waals surface area contributed by atoms with Crippen LogP contribution in [0.1, 0.15) is 18.9 Å². The molecule has 0 spiro atoms. The van der Waals surface area contributed by atoms with Gasteiger partial charge in [0.1, 0.15) is 11.6 Å². The number of rotatable bonds is 8. The normalized spacial score (nSPS) is 11.0. The van der Waals surface area contributed by atoms with Crippen LogP contribution in [-0.2, 0) is 16.1 Å². The summed E-state index contributed by atoms with van der Waals surface area (Å²) in [5, 5.41) is 12.5. The second-order valence-electron chi connectivity index (χ2n) is 3.77. The number of anilines is 1.